The van der Waals surface area contributed by atoms with E-state index in [-0.39, 0.29) is 17.3 Å². The van der Waals surface area contributed by atoms with E-state index in [1.54, 1.807) is 0 Å². The van der Waals surface area contributed by atoms with Gasteiger partial charge in [-0.05, 0) is 39.7 Å². The third kappa shape index (κ3) is 4.11. The van der Waals surface area contributed by atoms with E-state index in [2.05, 4.69) is 31.9 Å². The molecule has 0 radical (unpaired) electrons. The van der Waals surface area contributed by atoms with E-state index in [0.717, 1.165) is 46.9 Å². The van der Waals surface area contributed by atoms with Crippen LogP contribution in [0.5, 0.6) is 0 Å². The van der Waals surface area contributed by atoms with Gasteiger partial charge in [-0.1, -0.05) is 30.0 Å². The second-order valence-electron chi connectivity index (χ2n) is 7.57. The summed E-state index contributed by atoms with van der Waals surface area (Å²) < 4.78 is 8.03. The zero-order chi connectivity index (χ0) is 21.1. The van der Waals surface area contributed by atoms with E-state index in [4.69, 9.17) is 4.74 Å². The minimum atomic E-state index is -0.229. The Morgan fingerprint density at radius 2 is 2.13 bits per heavy atom. The highest BCUT2D eigenvalue weighted by molar-refractivity contribution is 8.00. The number of para-hydroxylation sites is 1. The van der Waals surface area contributed by atoms with E-state index in [1.807, 2.05) is 44.0 Å². The summed E-state index contributed by atoms with van der Waals surface area (Å²) in [6.45, 7) is 8.88. The maximum atomic E-state index is 12.8. The third-order valence-electron chi connectivity index (χ3n) is 5.66. The average molecular weight is 428 g/mol. The fraction of sp³-hybridized carbons (Fsp3) is 0.500. The van der Waals surface area contributed by atoms with Crippen LogP contribution in [0.4, 0.5) is 0 Å². The molecule has 3 heterocycles. The molecule has 1 aliphatic rings. The van der Waals surface area contributed by atoms with Crippen LogP contribution >= 0.6 is 11.8 Å². The van der Waals surface area contributed by atoms with E-state index in [0.29, 0.717) is 19.6 Å². The molecule has 0 aliphatic carbocycles. The van der Waals surface area contributed by atoms with E-state index in [1.165, 1.54) is 11.8 Å². The van der Waals surface area contributed by atoms with E-state index < -0.39 is 0 Å². The maximum Gasteiger partial charge on any atom is 0.235 e. The summed E-state index contributed by atoms with van der Waals surface area (Å²) in [6.07, 6.45) is 4.25. The lowest BCUT2D eigenvalue weighted by Gasteiger charge is -2.22. The summed E-state index contributed by atoms with van der Waals surface area (Å²) in [5, 5.41) is 10.7. The van der Waals surface area contributed by atoms with Gasteiger partial charge in [-0.3, -0.25) is 9.36 Å². The lowest BCUT2D eigenvalue weighted by Crippen LogP contribution is -2.36. The molecule has 7 nitrogen and oxygen atoms in total. The molecular weight excluding hydrogens is 398 g/mol. The Balaban J connectivity index is 1.67. The van der Waals surface area contributed by atoms with Gasteiger partial charge < -0.3 is 14.6 Å². The number of hydrogen-bond acceptors (Lipinski definition) is 5. The van der Waals surface area contributed by atoms with Crippen molar-refractivity contribution in [1.82, 2.24) is 24.6 Å². The summed E-state index contributed by atoms with van der Waals surface area (Å²) in [5.74, 6) is 0.943. The largest absolute Gasteiger partial charge is 0.376 e. The normalized spacial score (nSPS) is 17.5. The molecule has 0 spiro atoms. The Morgan fingerprint density at radius 1 is 1.33 bits per heavy atom. The van der Waals surface area contributed by atoms with Crippen molar-refractivity contribution < 1.29 is 9.53 Å². The van der Waals surface area contributed by atoms with Crippen LogP contribution in [0.1, 0.15) is 33.6 Å². The van der Waals surface area contributed by atoms with Crippen molar-refractivity contribution >= 4 is 28.6 Å². The van der Waals surface area contributed by atoms with Gasteiger partial charge in [-0.25, -0.2) is 0 Å². The maximum absolute atomic E-state index is 12.8. The van der Waals surface area contributed by atoms with Gasteiger partial charge >= 0.3 is 0 Å². The van der Waals surface area contributed by atoms with Crippen LogP contribution in [0.15, 0.2) is 35.6 Å². The van der Waals surface area contributed by atoms with Gasteiger partial charge in [-0.15, -0.1) is 10.2 Å². The van der Waals surface area contributed by atoms with Crippen molar-refractivity contribution in [2.45, 2.75) is 56.7 Å². The Kier molecular flexibility index (Phi) is 6.43. The number of aromatic amines is 1. The SMILES string of the molecule is CCN(CC)C(=O)C(C)Sc1nnc(-c2c[nH]c3ccccc23)n1CC1CCCO1. The number of ether oxygens (including phenoxy) is 1. The van der Waals surface area contributed by atoms with Crippen LogP contribution in [-0.2, 0) is 16.1 Å². The number of benzene rings is 1. The van der Waals surface area contributed by atoms with Gasteiger partial charge in [-0.2, -0.15) is 0 Å². The van der Waals surface area contributed by atoms with E-state index >= 15 is 0 Å². The highest BCUT2D eigenvalue weighted by Crippen LogP contribution is 2.32. The van der Waals surface area contributed by atoms with Crippen LogP contribution < -0.4 is 0 Å². The number of nitrogens with one attached hydrogen (secondary N) is 1. The number of nitrogens with zero attached hydrogens (tertiary/aromatic N) is 4. The van der Waals surface area contributed by atoms with Gasteiger partial charge in [0.1, 0.15) is 0 Å². The molecule has 8 heteroatoms. The molecule has 1 amide bonds. The third-order valence-corrected chi connectivity index (χ3v) is 6.73. The fourth-order valence-corrected chi connectivity index (χ4v) is 4.93. The lowest BCUT2D eigenvalue weighted by atomic mass is 10.1. The molecule has 2 unspecified atom stereocenters. The van der Waals surface area contributed by atoms with Crippen LogP contribution in [0.25, 0.3) is 22.3 Å². The van der Waals surface area contributed by atoms with Crippen molar-refractivity contribution in [2.75, 3.05) is 19.7 Å². The van der Waals surface area contributed by atoms with Gasteiger partial charge in [0.25, 0.3) is 0 Å². The highest BCUT2D eigenvalue weighted by atomic mass is 32.2. The van der Waals surface area contributed by atoms with Gasteiger partial charge in [0.15, 0.2) is 11.0 Å². The number of carbonyl (C=O) groups excluding carboxylic acids is 1. The second kappa shape index (κ2) is 9.22. The smallest absolute Gasteiger partial charge is 0.235 e. The number of amides is 1. The Labute approximate surface area is 181 Å². The molecular formula is C22H29N5O2S. The van der Waals surface area contributed by atoms with Gasteiger partial charge in [0.05, 0.1) is 17.9 Å². The lowest BCUT2D eigenvalue weighted by molar-refractivity contribution is -0.129. The topological polar surface area (TPSA) is 76.0 Å². The monoisotopic (exact) mass is 427 g/mol. The molecule has 4 rings (SSSR count). The summed E-state index contributed by atoms with van der Waals surface area (Å²) in [7, 11) is 0. The van der Waals surface area contributed by atoms with Crippen LogP contribution in [0.3, 0.4) is 0 Å². The summed E-state index contributed by atoms with van der Waals surface area (Å²) in [5.41, 5.74) is 2.09. The molecule has 0 saturated carbocycles. The highest BCUT2D eigenvalue weighted by Gasteiger charge is 2.26. The second-order valence-corrected chi connectivity index (χ2v) is 8.88. The number of H-pyrrole nitrogens is 1. The zero-order valence-corrected chi connectivity index (χ0v) is 18.6. The minimum absolute atomic E-state index is 0.130. The first-order chi connectivity index (χ1) is 14.6. The minimum Gasteiger partial charge on any atom is -0.376 e. The molecule has 0 bridgehead atoms. The zero-order valence-electron chi connectivity index (χ0n) is 17.8. The molecule has 1 aromatic carbocycles. The summed E-state index contributed by atoms with van der Waals surface area (Å²) >= 11 is 1.48. The van der Waals surface area contributed by atoms with Gasteiger partial charge in [0.2, 0.25) is 5.91 Å². The number of thioether (sulfide) groups is 1. The van der Waals surface area contributed by atoms with Gasteiger partial charge in [0, 0.05) is 42.4 Å². The number of aromatic nitrogens is 4. The van der Waals surface area contributed by atoms with Crippen molar-refractivity contribution in [3.63, 3.8) is 0 Å². The molecule has 2 atom stereocenters. The van der Waals surface area contributed by atoms with Crippen molar-refractivity contribution in [3.8, 4) is 11.4 Å². The predicted octanol–water partition coefficient (Wildman–Crippen LogP) is 3.95. The Hall–Kier alpha value is -2.32. The number of carbonyl (C=O) groups is 1. The first-order valence-electron chi connectivity index (χ1n) is 10.7. The molecule has 1 N–H and O–H groups in total. The molecule has 1 aliphatic heterocycles. The van der Waals surface area contributed by atoms with Crippen LogP contribution in [0, 0.1) is 0 Å². The molecule has 30 heavy (non-hydrogen) atoms. The molecule has 160 valence electrons. The quantitative estimate of drug-likeness (QED) is 0.551. The Morgan fingerprint density at radius 3 is 2.87 bits per heavy atom. The van der Waals surface area contributed by atoms with Crippen molar-refractivity contribution in [3.05, 3.63) is 30.5 Å². The summed E-state index contributed by atoms with van der Waals surface area (Å²) in [6, 6.07) is 8.19. The van der Waals surface area contributed by atoms with E-state index in [9.17, 15) is 4.79 Å². The first-order valence-corrected chi connectivity index (χ1v) is 11.6. The summed E-state index contributed by atoms with van der Waals surface area (Å²) in [4.78, 5) is 18.0. The van der Waals surface area contributed by atoms with Crippen molar-refractivity contribution in [2.24, 2.45) is 0 Å². The predicted molar refractivity (Wildman–Crippen MR) is 120 cm³/mol. The first kappa shape index (κ1) is 20.9. The number of rotatable bonds is 8. The molecule has 1 fully saturated rings. The molecule has 3 aromatic rings. The van der Waals surface area contributed by atoms with Crippen molar-refractivity contribution in [1.29, 1.82) is 0 Å². The Bertz CT molecular complexity index is 1000. The number of fused-ring (bicyclic) bond motifs is 1. The van der Waals surface area contributed by atoms with Crippen LogP contribution in [-0.4, -0.2) is 61.6 Å². The average Bonchev–Trinajstić information content (AvgIpc) is 3.50. The molecule has 2 aromatic heterocycles. The number of hydrogen-bond donors (Lipinski definition) is 1. The standard InChI is InChI=1S/C22H29N5O2S/c1-4-26(5-2)21(28)15(3)30-22-25-24-20(27(22)14-16-9-8-12-29-16)18-13-23-19-11-7-6-10-17(18)19/h6-7,10-11,13,15-16,23H,4-5,8-9,12,14H2,1-3H3. The molecule has 1 saturated heterocycles. The van der Waals surface area contributed by atoms with Crippen LogP contribution in [0.2, 0.25) is 0 Å². The fourth-order valence-electron chi connectivity index (χ4n) is 3.99.